The van der Waals surface area contributed by atoms with Crippen LogP contribution in [0.2, 0.25) is 0 Å². The van der Waals surface area contributed by atoms with Crippen LogP contribution >= 0.6 is 0 Å². The summed E-state index contributed by atoms with van der Waals surface area (Å²) in [7, 11) is 1.85. The maximum atomic E-state index is 13.5. The summed E-state index contributed by atoms with van der Waals surface area (Å²) >= 11 is 0. The first-order chi connectivity index (χ1) is 16.2. The third-order valence-corrected chi connectivity index (χ3v) is 7.49. The van der Waals surface area contributed by atoms with Gasteiger partial charge < -0.3 is 15.5 Å². The zero-order valence-electron chi connectivity index (χ0n) is 19.9. The van der Waals surface area contributed by atoms with Gasteiger partial charge in [-0.25, -0.2) is 13.8 Å². The molecule has 4 heterocycles. The molecule has 1 aliphatic carbocycles. The van der Waals surface area contributed by atoms with Crippen molar-refractivity contribution in [2.45, 2.75) is 76.5 Å². The maximum Gasteiger partial charge on any atom is 0.248 e. The van der Waals surface area contributed by atoms with Gasteiger partial charge in [-0.1, -0.05) is 0 Å². The van der Waals surface area contributed by atoms with E-state index in [9.17, 15) is 13.6 Å². The van der Waals surface area contributed by atoms with Gasteiger partial charge in [0, 0.05) is 57.3 Å². The molecule has 0 aromatic carbocycles. The second kappa shape index (κ2) is 8.75. The highest BCUT2D eigenvalue weighted by molar-refractivity contribution is 6.03. The Balaban J connectivity index is 1.19. The first-order valence-electron chi connectivity index (χ1n) is 12.0. The number of aromatic nitrogens is 4. The number of rotatable bonds is 5. The molecular formula is C23H32F2N8O. The summed E-state index contributed by atoms with van der Waals surface area (Å²) in [6.45, 7) is 6.00. The molecule has 2 aliphatic heterocycles. The van der Waals surface area contributed by atoms with E-state index >= 15 is 0 Å². The lowest BCUT2D eigenvalue weighted by molar-refractivity contribution is -0.117. The predicted octanol–water partition coefficient (Wildman–Crippen LogP) is 3.20. The second-order valence-electron chi connectivity index (χ2n) is 9.81. The number of hydrogen-bond acceptors (Lipinski definition) is 7. The van der Waals surface area contributed by atoms with E-state index in [0.717, 1.165) is 25.1 Å². The summed E-state index contributed by atoms with van der Waals surface area (Å²) in [6.07, 6.45) is 6.01. The summed E-state index contributed by atoms with van der Waals surface area (Å²) in [5.74, 6) is -1.35. The number of fused-ring (bicyclic) bond motifs is 1. The molecule has 184 valence electrons. The standard InChI is InChI=1S/C23H32F2N8O/c1-14-19-20(31(3)15(2)21(34)29-19)30-22(28-14)26-10-16-11-27-33(12-16)18-6-9-32(13-18)17-4-7-23(24,25)8-5-17/h11-12,15,17-18H,4-10,13H2,1-3H3,(H,29,34)(H,26,28,30)/t15-,18-/m0/s1. The van der Waals surface area contributed by atoms with Crippen molar-refractivity contribution in [3.05, 3.63) is 23.7 Å². The van der Waals surface area contributed by atoms with Gasteiger partial charge in [0.1, 0.15) is 11.7 Å². The van der Waals surface area contributed by atoms with Crippen LogP contribution in [0.15, 0.2) is 12.4 Å². The van der Waals surface area contributed by atoms with Crippen molar-refractivity contribution in [2.24, 2.45) is 0 Å². The Morgan fingerprint density at radius 3 is 2.74 bits per heavy atom. The van der Waals surface area contributed by atoms with Gasteiger partial charge in [-0.2, -0.15) is 10.1 Å². The number of nitrogens with zero attached hydrogens (tertiary/aromatic N) is 6. The normalized spacial score (nSPS) is 25.3. The smallest absolute Gasteiger partial charge is 0.248 e. The molecule has 11 heteroatoms. The third kappa shape index (κ3) is 4.45. The molecule has 34 heavy (non-hydrogen) atoms. The van der Waals surface area contributed by atoms with E-state index in [0.29, 0.717) is 42.5 Å². The van der Waals surface area contributed by atoms with Crippen LogP contribution < -0.4 is 15.5 Å². The van der Waals surface area contributed by atoms with Crippen LogP contribution in [0.5, 0.6) is 0 Å². The Labute approximate surface area is 197 Å². The number of hydrogen-bond donors (Lipinski definition) is 2. The SMILES string of the molecule is Cc1nc(NCc2cnn([C@H]3CCN(C4CCC(F)(F)CC4)C3)c2)nc2c1NC(=O)[C@H](C)N2C. The molecule has 2 aromatic rings. The van der Waals surface area contributed by atoms with E-state index in [2.05, 4.69) is 30.6 Å². The van der Waals surface area contributed by atoms with E-state index in [1.807, 2.05) is 42.9 Å². The van der Waals surface area contributed by atoms with E-state index < -0.39 is 5.92 Å². The molecule has 0 bridgehead atoms. The number of nitrogens with one attached hydrogen (secondary N) is 2. The lowest BCUT2D eigenvalue weighted by Crippen LogP contribution is -2.44. The van der Waals surface area contributed by atoms with Gasteiger partial charge in [0.25, 0.3) is 0 Å². The quantitative estimate of drug-likeness (QED) is 0.688. The molecule has 0 spiro atoms. The second-order valence-corrected chi connectivity index (χ2v) is 9.81. The number of halogens is 2. The highest BCUT2D eigenvalue weighted by atomic mass is 19.3. The summed E-state index contributed by atoms with van der Waals surface area (Å²) in [5, 5.41) is 10.7. The van der Waals surface area contributed by atoms with Gasteiger partial charge in [0.05, 0.1) is 17.9 Å². The van der Waals surface area contributed by atoms with Crippen LogP contribution in [0, 0.1) is 6.92 Å². The molecule has 2 N–H and O–H groups in total. The number of carbonyl (C=O) groups is 1. The highest BCUT2D eigenvalue weighted by Crippen LogP contribution is 2.37. The molecule has 2 fully saturated rings. The molecule has 0 radical (unpaired) electrons. The number of aryl methyl sites for hydroxylation is 1. The molecule has 0 unspecified atom stereocenters. The van der Waals surface area contributed by atoms with Gasteiger partial charge in [-0.15, -0.1) is 0 Å². The largest absolute Gasteiger partial charge is 0.350 e. The van der Waals surface area contributed by atoms with Crippen molar-refractivity contribution in [1.29, 1.82) is 0 Å². The summed E-state index contributed by atoms with van der Waals surface area (Å²) in [4.78, 5) is 25.4. The van der Waals surface area contributed by atoms with Gasteiger partial charge in [0.15, 0.2) is 5.82 Å². The average Bonchev–Trinajstić information content (AvgIpc) is 3.47. The monoisotopic (exact) mass is 474 g/mol. The zero-order chi connectivity index (χ0) is 24.0. The molecular weight excluding hydrogens is 442 g/mol. The highest BCUT2D eigenvalue weighted by Gasteiger charge is 2.39. The van der Waals surface area contributed by atoms with E-state index in [4.69, 9.17) is 0 Å². The number of anilines is 3. The van der Waals surface area contributed by atoms with Gasteiger partial charge >= 0.3 is 0 Å². The van der Waals surface area contributed by atoms with Crippen molar-refractivity contribution in [1.82, 2.24) is 24.6 Å². The Morgan fingerprint density at radius 2 is 1.97 bits per heavy atom. The molecule has 3 aliphatic rings. The molecule has 1 saturated carbocycles. The number of amides is 1. The van der Waals surface area contributed by atoms with E-state index in [1.54, 1.807) is 0 Å². The molecule has 2 atom stereocenters. The minimum absolute atomic E-state index is 0.00172. The molecule has 9 nitrogen and oxygen atoms in total. The number of carbonyl (C=O) groups excluding carboxylic acids is 1. The Bertz CT molecular complexity index is 1060. The minimum atomic E-state index is -2.48. The Kier molecular flexibility index (Phi) is 5.91. The number of alkyl halides is 2. The minimum Gasteiger partial charge on any atom is -0.350 e. The Hall–Kier alpha value is -2.82. The van der Waals surface area contributed by atoms with Gasteiger partial charge in [0.2, 0.25) is 17.8 Å². The number of likely N-dealkylation sites (N-methyl/N-ethyl adjacent to an activating group) is 1. The number of likely N-dealkylation sites (tertiary alicyclic amines) is 1. The van der Waals surface area contributed by atoms with Crippen molar-refractivity contribution < 1.29 is 13.6 Å². The molecule has 2 aromatic heterocycles. The van der Waals surface area contributed by atoms with Crippen LogP contribution in [-0.4, -0.2) is 68.7 Å². The van der Waals surface area contributed by atoms with E-state index in [1.165, 1.54) is 0 Å². The lowest BCUT2D eigenvalue weighted by Gasteiger charge is -2.34. The molecule has 5 rings (SSSR count). The van der Waals surface area contributed by atoms with Crippen LogP contribution in [-0.2, 0) is 11.3 Å². The fourth-order valence-electron chi connectivity index (χ4n) is 5.18. The van der Waals surface area contributed by atoms with Crippen LogP contribution in [0.25, 0.3) is 0 Å². The fourth-order valence-corrected chi connectivity index (χ4v) is 5.18. The third-order valence-electron chi connectivity index (χ3n) is 7.49. The Morgan fingerprint density at radius 1 is 1.21 bits per heavy atom. The molecule has 1 saturated heterocycles. The van der Waals surface area contributed by atoms with Crippen LogP contribution in [0.4, 0.5) is 26.2 Å². The summed E-state index contributed by atoms with van der Waals surface area (Å²) in [5.41, 5.74) is 2.38. The topological polar surface area (TPSA) is 91.2 Å². The summed E-state index contributed by atoms with van der Waals surface area (Å²) < 4.78 is 29.0. The first kappa shape index (κ1) is 22.9. The van der Waals surface area contributed by atoms with Crippen LogP contribution in [0.3, 0.4) is 0 Å². The lowest BCUT2D eigenvalue weighted by atomic mass is 9.91. The first-order valence-corrected chi connectivity index (χ1v) is 12.0. The summed E-state index contributed by atoms with van der Waals surface area (Å²) in [6, 6.07) is 0.220. The van der Waals surface area contributed by atoms with Gasteiger partial charge in [-0.3, -0.25) is 14.4 Å². The van der Waals surface area contributed by atoms with Crippen molar-refractivity contribution in [3.8, 4) is 0 Å². The maximum absolute atomic E-state index is 13.5. The predicted molar refractivity (Wildman–Crippen MR) is 125 cm³/mol. The van der Waals surface area contributed by atoms with Crippen molar-refractivity contribution in [3.63, 3.8) is 0 Å². The average molecular weight is 475 g/mol. The fraction of sp³-hybridized carbons (Fsp3) is 0.652. The zero-order valence-corrected chi connectivity index (χ0v) is 19.9. The van der Waals surface area contributed by atoms with Crippen molar-refractivity contribution >= 4 is 23.4 Å². The van der Waals surface area contributed by atoms with Gasteiger partial charge in [-0.05, 0) is 33.1 Å². The molecule has 1 amide bonds. The van der Waals surface area contributed by atoms with Crippen LogP contribution in [0.1, 0.15) is 56.3 Å². The van der Waals surface area contributed by atoms with Crippen molar-refractivity contribution in [2.75, 3.05) is 35.7 Å². The van der Waals surface area contributed by atoms with E-state index in [-0.39, 0.29) is 36.9 Å².